The van der Waals surface area contributed by atoms with E-state index in [-0.39, 0.29) is 6.54 Å². The second-order valence-electron chi connectivity index (χ2n) is 5.81. The zero-order chi connectivity index (χ0) is 13.1. The van der Waals surface area contributed by atoms with E-state index < -0.39 is 12.6 Å². The Balaban J connectivity index is 1.80. The van der Waals surface area contributed by atoms with Crippen LogP contribution in [0.25, 0.3) is 0 Å². The van der Waals surface area contributed by atoms with Crippen molar-refractivity contribution in [2.24, 2.45) is 5.41 Å². The number of likely N-dealkylation sites (tertiary alicyclic amines) is 1. The van der Waals surface area contributed by atoms with Crippen molar-refractivity contribution in [1.82, 2.24) is 10.2 Å². The summed E-state index contributed by atoms with van der Waals surface area (Å²) in [7, 11) is 0. The summed E-state index contributed by atoms with van der Waals surface area (Å²) in [6, 6.07) is 0. The molecule has 18 heavy (non-hydrogen) atoms. The third-order valence-electron chi connectivity index (χ3n) is 4.52. The Morgan fingerprint density at radius 3 is 2.39 bits per heavy atom. The Labute approximate surface area is 107 Å². The molecule has 1 N–H and O–H groups in total. The second-order valence-corrected chi connectivity index (χ2v) is 5.81. The Hall–Kier alpha value is -0.290. The smallest absolute Gasteiger partial charge is 0.317 e. The molecule has 2 nitrogen and oxygen atoms in total. The molecule has 2 rings (SSSR count). The highest BCUT2D eigenvalue weighted by Crippen LogP contribution is 2.39. The summed E-state index contributed by atoms with van der Waals surface area (Å²) in [5.74, 6) is 0. The fourth-order valence-electron chi connectivity index (χ4n) is 3.28. The monoisotopic (exact) mass is 264 g/mol. The van der Waals surface area contributed by atoms with Crippen LogP contribution in [-0.4, -0.2) is 43.8 Å². The van der Waals surface area contributed by atoms with Crippen molar-refractivity contribution >= 4 is 0 Å². The predicted octanol–water partition coefficient (Wildman–Crippen LogP) is 2.79. The van der Waals surface area contributed by atoms with E-state index in [0.717, 1.165) is 39.0 Å². The molecule has 1 spiro atoms. The Bertz CT molecular complexity index is 259. The van der Waals surface area contributed by atoms with Crippen LogP contribution < -0.4 is 5.32 Å². The summed E-state index contributed by atoms with van der Waals surface area (Å²) in [4.78, 5) is 2.00. The average molecular weight is 264 g/mol. The maximum absolute atomic E-state index is 12.2. The molecule has 0 aromatic heterocycles. The molecule has 0 atom stereocenters. The number of halogens is 3. The van der Waals surface area contributed by atoms with Crippen molar-refractivity contribution in [2.45, 2.75) is 44.7 Å². The van der Waals surface area contributed by atoms with E-state index in [1.165, 1.54) is 19.3 Å². The van der Waals surface area contributed by atoms with Crippen LogP contribution in [0.5, 0.6) is 0 Å². The van der Waals surface area contributed by atoms with Crippen LogP contribution in [0, 0.1) is 5.41 Å². The lowest BCUT2D eigenvalue weighted by atomic mass is 9.73. The first-order valence-electron chi connectivity index (χ1n) is 6.99. The van der Waals surface area contributed by atoms with Crippen LogP contribution in [0.3, 0.4) is 0 Å². The first-order valence-corrected chi connectivity index (χ1v) is 6.99. The fraction of sp³-hybridized carbons (Fsp3) is 1.00. The molecule has 2 heterocycles. The highest BCUT2D eigenvalue weighted by molar-refractivity contribution is 4.87. The summed E-state index contributed by atoms with van der Waals surface area (Å²) in [5, 5.41) is 3.37. The third kappa shape index (κ3) is 4.12. The molecular formula is C13H23F3N2. The number of nitrogens with zero attached hydrogens (tertiary/aromatic N) is 1. The van der Waals surface area contributed by atoms with E-state index in [2.05, 4.69) is 5.32 Å². The van der Waals surface area contributed by atoms with Gasteiger partial charge in [0, 0.05) is 6.54 Å². The van der Waals surface area contributed by atoms with Gasteiger partial charge in [-0.3, -0.25) is 0 Å². The molecule has 0 saturated carbocycles. The zero-order valence-electron chi connectivity index (χ0n) is 10.9. The minimum Gasteiger partial charge on any atom is -0.317 e. The van der Waals surface area contributed by atoms with Gasteiger partial charge in [0.15, 0.2) is 0 Å². The van der Waals surface area contributed by atoms with E-state index >= 15 is 0 Å². The molecule has 0 amide bonds. The molecule has 0 bridgehead atoms. The van der Waals surface area contributed by atoms with Crippen molar-refractivity contribution in [3.63, 3.8) is 0 Å². The van der Waals surface area contributed by atoms with Gasteiger partial charge in [0.1, 0.15) is 0 Å². The lowest BCUT2D eigenvalue weighted by Crippen LogP contribution is -2.37. The normalized spacial score (nSPS) is 26.2. The highest BCUT2D eigenvalue weighted by Gasteiger charge is 2.34. The minimum absolute atomic E-state index is 0.178. The molecule has 2 aliphatic heterocycles. The standard InChI is InChI=1S/C13H23F3N2/c14-13(15,16)6-11-18-9-1-2-12(5-10-18)3-7-17-8-4-12/h17H,1-11H2. The first kappa shape index (κ1) is 14.1. The lowest BCUT2D eigenvalue weighted by Gasteiger charge is -2.37. The van der Waals surface area contributed by atoms with Crippen molar-refractivity contribution < 1.29 is 13.2 Å². The van der Waals surface area contributed by atoms with Gasteiger partial charge >= 0.3 is 6.18 Å². The predicted molar refractivity (Wildman–Crippen MR) is 65.5 cm³/mol. The number of alkyl halides is 3. The Morgan fingerprint density at radius 1 is 1.00 bits per heavy atom. The number of rotatable bonds is 2. The topological polar surface area (TPSA) is 15.3 Å². The summed E-state index contributed by atoms with van der Waals surface area (Å²) in [5.41, 5.74) is 0.415. The van der Waals surface area contributed by atoms with Crippen molar-refractivity contribution in [2.75, 3.05) is 32.7 Å². The number of hydrogen-bond donors (Lipinski definition) is 1. The molecular weight excluding hydrogens is 241 g/mol. The van der Waals surface area contributed by atoms with Gasteiger partial charge < -0.3 is 10.2 Å². The number of piperidine rings is 1. The van der Waals surface area contributed by atoms with Crippen LogP contribution in [-0.2, 0) is 0 Å². The molecule has 0 aromatic rings. The maximum atomic E-state index is 12.2. The zero-order valence-corrected chi connectivity index (χ0v) is 10.9. The lowest BCUT2D eigenvalue weighted by molar-refractivity contribution is -0.137. The maximum Gasteiger partial charge on any atom is 0.390 e. The fourth-order valence-corrected chi connectivity index (χ4v) is 3.28. The first-order chi connectivity index (χ1) is 8.49. The Morgan fingerprint density at radius 2 is 1.72 bits per heavy atom. The third-order valence-corrected chi connectivity index (χ3v) is 4.52. The minimum atomic E-state index is -4.02. The van der Waals surface area contributed by atoms with Gasteiger partial charge in [-0.25, -0.2) is 0 Å². The van der Waals surface area contributed by atoms with Crippen molar-refractivity contribution in [1.29, 1.82) is 0 Å². The molecule has 0 radical (unpaired) electrons. The molecule has 2 aliphatic rings. The van der Waals surface area contributed by atoms with Crippen molar-refractivity contribution in [3.8, 4) is 0 Å². The Kier molecular flexibility index (Phi) is 4.54. The quantitative estimate of drug-likeness (QED) is 0.825. The van der Waals surface area contributed by atoms with Crippen LogP contribution in [0.15, 0.2) is 0 Å². The molecule has 2 saturated heterocycles. The SMILES string of the molecule is FC(F)(F)CCN1CCCC2(CCNCC2)CC1. The van der Waals surface area contributed by atoms with Gasteiger partial charge in [0.05, 0.1) is 6.42 Å². The summed E-state index contributed by atoms with van der Waals surface area (Å²) in [6.45, 7) is 4.00. The summed E-state index contributed by atoms with van der Waals surface area (Å²) < 4.78 is 36.7. The van der Waals surface area contributed by atoms with Gasteiger partial charge in [0.25, 0.3) is 0 Å². The van der Waals surface area contributed by atoms with Gasteiger partial charge in [-0.15, -0.1) is 0 Å². The van der Waals surface area contributed by atoms with Gasteiger partial charge in [-0.05, 0) is 63.7 Å². The second kappa shape index (κ2) is 5.78. The summed E-state index contributed by atoms with van der Waals surface area (Å²) in [6.07, 6.45) is 1.03. The molecule has 5 heteroatoms. The van der Waals surface area contributed by atoms with Gasteiger partial charge in [0.2, 0.25) is 0 Å². The van der Waals surface area contributed by atoms with E-state index in [0.29, 0.717) is 5.41 Å². The van der Waals surface area contributed by atoms with E-state index in [9.17, 15) is 13.2 Å². The van der Waals surface area contributed by atoms with Crippen molar-refractivity contribution in [3.05, 3.63) is 0 Å². The molecule has 2 fully saturated rings. The van der Waals surface area contributed by atoms with Crippen LogP contribution in [0.2, 0.25) is 0 Å². The number of hydrogen-bond acceptors (Lipinski definition) is 2. The highest BCUT2D eigenvalue weighted by atomic mass is 19.4. The molecule has 0 unspecified atom stereocenters. The van der Waals surface area contributed by atoms with Crippen LogP contribution >= 0.6 is 0 Å². The largest absolute Gasteiger partial charge is 0.390 e. The summed E-state index contributed by atoms with van der Waals surface area (Å²) >= 11 is 0. The van der Waals surface area contributed by atoms with E-state index in [1.54, 1.807) is 0 Å². The molecule has 106 valence electrons. The average Bonchev–Trinajstić information content (AvgIpc) is 2.50. The van der Waals surface area contributed by atoms with E-state index in [1.807, 2.05) is 4.90 Å². The van der Waals surface area contributed by atoms with E-state index in [4.69, 9.17) is 0 Å². The molecule has 0 aromatic carbocycles. The number of nitrogens with one attached hydrogen (secondary N) is 1. The van der Waals surface area contributed by atoms with Gasteiger partial charge in [-0.1, -0.05) is 0 Å². The molecule has 0 aliphatic carbocycles. The van der Waals surface area contributed by atoms with Crippen LogP contribution in [0.1, 0.15) is 38.5 Å². The van der Waals surface area contributed by atoms with Crippen LogP contribution in [0.4, 0.5) is 13.2 Å². The van der Waals surface area contributed by atoms with Gasteiger partial charge in [-0.2, -0.15) is 13.2 Å².